The SMILES string of the molecule is O=C1NC2CCC1(CNc1ncnc3c1nnn3Cc1ccccc1)CC2. The molecule has 2 aliphatic heterocycles. The fourth-order valence-electron chi connectivity index (χ4n) is 4.17. The van der Waals surface area contributed by atoms with Crippen molar-refractivity contribution in [3.63, 3.8) is 0 Å². The Hall–Kier alpha value is -3.03. The number of amides is 1. The summed E-state index contributed by atoms with van der Waals surface area (Å²) in [6, 6.07) is 10.4. The minimum absolute atomic E-state index is 0.163. The zero-order chi connectivity index (χ0) is 18.3. The molecule has 8 heteroatoms. The van der Waals surface area contributed by atoms with Crippen LogP contribution in [0.2, 0.25) is 0 Å². The Morgan fingerprint density at radius 3 is 2.78 bits per heavy atom. The first-order chi connectivity index (χ1) is 13.2. The molecule has 0 atom stereocenters. The van der Waals surface area contributed by atoms with Crippen molar-refractivity contribution in [2.75, 3.05) is 11.9 Å². The third-order valence-corrected chi connectivity index (χ3v) is 5.83. The van der Waals surface area contributed by atoms with Gasteiger partial charge in [0.2, 0.25) is 5.91 Å². The summed E-state index contributed by atoms with van der Waals surface area (Å²) in [5.74, 6) is 0.796. The molecule has 138 valence electrons. The van der Waals surface area contributed by atoms with Crippen LogP contribution in [0.3, 0.4) is 0 Å². The quantitative estimate of drug-likeness (QED) is 0.717. The van der Waals surface area contributed by atoms with E-state index < -0.39 is 0 Å². The number of aromatic nitrogens is 5. The first kappa shape index (κ1) is 16.2. The number of carbonyl (C=O) groups excluding carboxylic acids is 1. The average Bonchev–Trinajstić information content (AvgIpc) is 3.12. The van der Waals surface area contributed by atoms with E-state index in [9.17, 15) is 4.79 Å². The molecule has 27 heavy (non-hydrogen) atoms. The molecule has 4 heterocycles. The Balaban J connectivity index is 1.39. The fraction of sp³-hybridized carbons (Fsp3) is 0.421. The number of rotatable bonds is 5. The van der Waals surface area contributed by atoms with Crippen LogP contribution >= 0.6 is 0 Å². The number of anilines is 1. The third kappa shape index (κ3) is 2.81. The second kappa shape index (κ2) is 6.29. The van der Waals surface area contributed by atoms with E-state index >= 15 is 0 Å². The third-order valence-electron chi connectivity index (χ3n) is 5.83. The lowest BCUT2D eigenvalue weighted by Gasteiger charge is -2.45. The van der Waals surface area contributed by atoms with Crippen molar-refractivity contribution >= 4 is 22.9 Å². The van der Waals surface area contributed by atoms with Gasteiger partial charge in [-0.2, -0.15) is 0 Å². The molecular weight excluding hydrogens is 342 g/mol. The highest BCUT2D eigenvalue weighted by Crippen LogP contribution is 2.41. The molecule has 8 nitrogen and oxygen atoms in total. The van der Waals surface area contributed by atoms with Crippen LogP contribution in [0.25, 0.3) is 11.2 Å². The molecule has 1 amide bonds. The molecule has 3 aliphatic rings. The summed E-state index contributed by atoms with van der Waals surface area (Å²) >= 11 is 0. The smallest absolute Gasteiger partial charge is 0.228 e. The van der Waals surface area contributed by atoms with Crippen molar-refractivity contribution in [1.29, 1.82) is 0 Å². The predicted octanol–water partition coefficient (Wildman–Crippen LogP) is 1.74. The molecule has 2 N–H and O–H groups in total. The average molecular weight is 363 g/mol. The predicted molar refractivity (Wildman–Crippen MR) is 100.0 cm³/mol. The normalized spacial score (nSPS) is 24.1. The number of benzene rings is 1. The van der Waals surface area contributed by atoms with Gasteiger partial charge in [-0.25, -0.2) is 14.6 Å². The molecule has 2 aromatic heterocycles. The Kier molecular flexibility index (Phi) is 3.77. The van der Waals surface area contributed by atoms with Crippen molar-refractivity contribution in [2.24, 2.45) is 5.41 Å². The van der Waals surface area contributed by atoms with Crippen molar-refractivity contribution in [3.8, 4) is 0 Å². The van der Waals surface area contributed by atoms with E-state index in [1.165, 1.54) is 6.33 Å². The molecule has 3 aromatic rings. The van der Waals surface area contributed by atoms with Gasteiger partial charge in [-0.1, -0.05) is 35.5 Å². The molecule has 1 aromatic carbocycles. The van der Waals surface area contributed by atoms with Crippen LogP contribution in [-0.4, -0.2) is 43.5 Å². The van der Waals surface area contributed by atoms with Crippen LogP contribution in [0.5, 0.6) is 0 Å². The first-order valence-electron chi connectivity index (χ1n) is 9.36. The summed E-state index contributed by atoms with van der Waals surface area (Å²) in [6.45, 7) is 1.16. The van der Waals surface area contributed by atoms with Gasteiger partial charge in [0.15, 0.2) is 17.0 Å². The van der Waals surface area contributed by atoms with E-state index in [-0.39, 0.29) is 11.3 Å². The summed E-state index contributed by atoms with van der Waals surface area (Å²) in [6.07, 6.45) is 5.47. The second-order valence-electron chi connectivity index (χ2n) is 7.51. The van der Waals surface area contributed by atoms with Crippen LogP contribution in [0, 0.1) is 5.41 Å². The van der Waals surface area contributed by atoms with Crippen LogP contribution in [0.15, 0.2) is 36.7 Å². The number of hydrogen-bond donors (Lipinski definition) is 2. The lowest BCUT2D eigenvalue weighted by atomic mass is 9.68. The molecule has 1 saturated carbocycles. The monoisotopic (exact) mass is 363 g/mol. The van der Waals surface area contributed by atoms with Crippen LogP contribution < -0.4 is 10.6 Å². The van der Waals surface area contributed by atoms with E-state index in [0.717, 1.165) is 31.2 Å². The van der Waals surface area contributed by atoms with E-state index in [0.29, 0.717) is 36.1 Å². The minimum atomic E-state index is -0.341. The first-order valence-corrected chi connectivity index (χ1v) is 9.36. The van der Waals surface area contributed by atoms with Gasteiger partial charge < -0.3 is 10.6 Å². The molecule has 0 spiro atoms. The minimum Gasteiger partial charge on any atom is -0.367 e. The van der Waals surface area contributed by atoms with Crippen molar-refractivity contribution < 1.29 is 4.79 Å². The Labute approximate surface area is 156 Å². The molecule has 0 radical (unpaired) electrons. The molecule has 3 fully saturated rings. The van der Waals surface area contributed by atoms with E-state index in [4.69, 9.17) is 0 Å². The van der Waals surface area contributed by atoms with E-state index in [1.807, 2.05) is 30.3 Å². The highest BCUT2D eigenvalue weighted by Gasteiger charge is 2.47. The zero-order valence-corrected chi connectivity index (χ0v) is 14.9. The van der Waals surface area contributed by atoms with Crippen LogP contribution in [0.1, 0.15) is 31.2 Å². The summed E-state index contributed by atoms with van der Waals surface area (Å²) in [4.78, 5) is 21.2. The van der Waals surface area contributed by atoms with Gasteiger partial charge in [0, 0.05) is 12.6 Å². The fourth-order valence-corrected chi connectivity index (χ4v) is 4.17. The Morgan fingerprint density at radius 1 is 1.19 bits per heavy atom. The Bertz CT molecular complexity index is 976. The summed E-state index contributed by atoms with van der Waals surface area (Å²) in [7, 11) is 0. The second-order valence-corrected chi connectivity index (χ2v) is 7.51. The number of fused-ring (bicyclic) bond motifs is 4. The highest BCUT2D eigenvalue weighted by molar-refractivity contribution is 5.86. The van der Waals surface area contributed by atoms with E-state index in [2.05, 4.69) is 30.9 Å². The van der Waals surface area contributed by atoms with Gasteiger partial charge in [-0.3, -0.25) is 4.79 Å². The summed E-state index contributed by atoms with van der Waals surface area (Å²) < 4.78 is 1.77. The summed E-state index contributed by atoms with van der Waals surface area (Å²) in [5.41, 5.74) is 2.11. The van der Waals surface area contributed by atoms with Crippen LogP contribution in [-0.2, 0) is 11.3 Å². The lowest BCUT2D eigenvalue weighted by Crippen LogP contribution is -2.58. The maximum Gasteiger partial charge on any atom is 0.228 e. The standard InChI is InChI=1S/C19H21N7O/c27-18-19(8-6-14(23-18)7-9-19)11-20-16-15-17(22-12-21-16)26(25-24-15)10-13-4-2-1-3-5-13/h1-5,12,14H,6-11H2,(H,23,27)(H,20,21,22). The molecular formula is C19H21N7O. The van der Waals surface area contributed by atoms with Gasteiger partial charge >= 0.3 is 0 Å². The number of carbonyl (C=O) groups is 1. The molecule has 0 unspecified atom stereocenters. The maximum atomic E-state index is 12.5. The van der Waals surface area contributed by atoms with Gasteiger partial charge in [-0.15, -0.1) is 5.10 Å². The number of nitrogens with one attached hydrogen (secondary N) is 2. The van der Waals surface area contributed by atoms with Crippen molar-refractivity contribution in [3.05, 3.63) is 42.2 Å². The van der Waals surface area contributed by atoms with Gasteiger partial charge in [0.05, 0.1) is 12.0 Å². The maximum absolute atomic E-state index is 12.5. The van der Waals surface area contributed by atoms with Crippen molar-refractivity contribution in [2.45, 2.75) is 38.3 Å². The van der Waals surface area contributed by atoms with Gasteiger partial charge in [0.1, 0.15) is 6.33 Å². The molecule has 2 bridgehead atoms. The van der Waals surface area contributed by atoms with Crippen LogP contribution in [0.4, 0.5) is 5.82 Å². The largest absolute Gasteiger partial charge is 0.367 e. The van der Waals surface area contributed by atoms with E-state index in [1.54, 1.807) is 4.68 Å². The number of hydrogen-bond acceptors (Lipinski definition) is 6. The number of nitrogens with zero attached hydrogens (tertiary/aromatic N) is 5. The topological polar surface area (TPSA) is 97.6 Å². The zero-order valence-electron chi connectivity index (χ0n) is 14.9. The summed E-state index contributed by atoms with van der Waals surface area (Å²) in [5, 5.41) is 15.0. The Morgan fingerprint density at radius 2 is 2.00 bits per heavy atom. The van der Waals surface area contributed by atoms with Gasteiger partial charge in [-0.05, 0) is 31.2 Å². The number of piperidine rings is 2. The van der Waals surface area contributed by atoms with Crippen molar-refractivity contribution in [1.82, 2.24) is 30.3 Å². The highest BCUT2D eigenvalue weighted by atomic mass is 16.2. The molecule has 1 aliphatic carbocycles. The van der Waals surface area contributed by atoms with Gasteiger partial charge in [0.25, 0.3) is 0 Å². The molecule has 6 rings (SSSR count). The lowest BCUT2D eigenvalue weighted by molar-refractivity contribution is -0.138. The molecule has 2 saturated heterocycles.